The third-order valence-electron chi connectivity index (χ3n) is 3.69. The van der Waals surface area contributed by atoms with E-state index in [2.05, 4.69) is 43.7 Å². The van der Waals surface area contributed by atoms with Crippen molar-refractivity contribution in [1.82, 2.24) is 4.57 Å². The van der Waals surface area contributed by atoms with Crippen molar-refractivity contribution < 1.29 is 0 Å². The summed E-state index contributed by atoms with van der Waals surface area (Å²) in [4.78, 5) is 0. The lowest BCUT2D eigenvalue weighted by molar-refractivity contribution is 0.193. The van der Waals surface area contributed by atoms with Gasteiger partial charge in [-0.1, -0.05) is 13.8 Å². The van der Waals surface area contributed by atoms with E-state index in [0.29, 0.717) is 5.41 Å². The molecule has 0 aliphatic heterocycles. The molecule has 1 heterocycles. The molecule has 78 valence electrons. The summed E-state index contributed by atoms with van der Waals surface area (Å²) in [5.41, 5.74) is 1.99. The molecule has 1 aliphatic carbocycles. The van der Waals surface area contributed by atoms with Crippen LogP contribution in [0.25, 0.3) is 0 Å². The molecule has 1 fully saturated rings. The number of aryl methyl sites for hydroxylation is 1. The third kappa shape index (κ3) is 1.87. The number of rotatable bonds is 1. The molecule has 1 aromatic heterocycles. The Hall–Kier alpha value is -0.720. The van der Waals surface area contributed by atoms with Crippen molar-refractivity contribution in [2.45, 2.75) is 52.5 Å². The first-order valence-electron chi connectivity index (χ1n) is 5.72. The average molecular weight is 191 g/mol. The van der Waals surface area contributed by atoms with Crippen molar-refractivity contribution in [2.24, 2.45) is 5.41 Å². The molecule has 1 saturated carbocycles. The second kappa shape index (κ2) is 3.45. The molecule has 0 unspecified atom stereocenters. The van der Waals surface area contributed by atoms with Crippen LogP contribution >= 0.6 is 0 Å². The number of hydrogen-bond donors (Lipinski definition) is 0. The second-order valence-electron chi connectivity index (χ2n) is 5.45. The Balaban J connectivity index is 2.06. The first kappa shape index (κ1) is 9.82. The van der Waals surface area contributed by atoms with Gasteiger partial charge in [-0.15, -0.1) is 0 Å². The van der Waals surface area contributed by atoms with Crippen LogP contribution in [0.2, 0.25) is 0 Å². The van der Waals surface area contributed by atoms with E-state index >= 15 is 0 Å². The van der Waals surface area contributed by atoms with Crippen LogP contribution in [0.5, 0.6) is 0 Å². The van der Waals surface area contributed by atoms with Gasteiger partial charge < -0.3 is 4.57 Å². The number of nitrogens with zero attached hydrogens (tertiary/aromatic N) is 1. The van der Waals surface area contributed by atoms with Gasteiger partial charge in [-0.25, -0.2) is 0 Å². The number of aromatic nitrogens is 1. The van der Waals surface area contributed by atoms with Crippen LogP contribution < -0.4 is 0 Å². The molecule has 0 atom stereocenters. The predicted molar refractivity (Wildman–Crippen MR) is 60.5 cm³/mol. The van der Waals surface area contributed by atoms with Crippen LogP contribution in [-0.2, 0) is 0 Å². The molecule has 0 saturated heterocycles. The SMILES string of the molecule is Cc1cccn1C1CCC(C)(C)CC1. The maximum atomic E-state index is 2.45. The molecule has 2 rings (SSSR count). The van der Waals surface area contributed by atoms with Gasteiger partial charge in [-0.2, -0.15) is 0 Å². The lowest BCUT2D eigenvalue weighted by Crippen LogP contribution is -2.23. The summed E-state index contributed by atoms with van der Waals surface area (Å²) < 4.78 is 2.45. The lowest BCUT2D eigenvalue weighted by atomic mass is 9.75. The minimum absolute atomic E-state index is 0.581. The molecule has 0 N–H and O–H groups in total. The van der Waals surface area contributed by atoms with Gasteiger partial charge in [0.1, 0.15) is 0 Å². The van der Waals surface area contributed by atoms with Crippen molar-refractivity contribution in [3.05, 3.63) is 24.0 Å². The van der Waals surface area contributed by atoms with Gasteiger partial charge in [0.15, 0.2) is 0 Å². The Morgan fingerprint density at radius 3 is 2.43 bits per heavy atom. The van der Waals surface area contributed by atoms with Crippen LogP contribution in [0.4, 0.5) is 0 Å². The highest BCUT2D eigenvalue weighted by Crippen LogP contribution is 2.40. The van der Waals surface area contributed by atoms with Crippen molar-refractivity contribution >= 4 is 0 Å². The van der Waals surface area contributed by atoms with Gasteiger partial charge in [0.25, 0.3) is 0 Å². The molecular formula is C13H21N. The smallest absolute Gasteiger partial charge is 0.0333 e. The molecule has 1 aromatic rings. The van der Waals surface area contributed by atoms with Crippen LogP contribution in [0.3, 0.4) is 0 Å². The fraction of sp³-hybridized carbons (Fsp3) is 0.692. The maximum absolute atomic E-state index is 2.45. The summed E-state index contributed by atoms with van der Waals surface area (Å²) >= 11 is 0. The Morgan fingerprint density at radius 1 is 1.29 bits per heavy atom. The van der Waals surface area contributed by atoms with Gasteiger partial charge >= 0.3 is 0 Å². The van der Waals surface area contributed by atoms with Crippen LogP contribution in [0.15, 0.2) is 18.3 Å². The van der Waals surface area contributed by atoms with E-state index in [9.17, 15) is 0 Å². The molecule has 0 spiro atoms. The van der Waals surface area contributed by atoms with Crippen LogP contribution in [0.1, 0.15) is 51.3 Å². The Bertz CT molecular complexity index is 299. The largest absolute Gasteiger partial charge is 0.349 e. The topological polar surface area (TPSA) is 4.93 Å². The van der Waals surface area contributed by atoms with E-state index in [1.54, 1.807) is 0 Å². The summed E-state index contributed by atoms with van der Waals surface area (Å²) in [6.45, 7) is 7.00. The van der Waals surface area contributed by atoms with Gasteiger partial charge in [-0.05, 0) is 50.2 Å². The standard InChI is InChI=1S/C13H21N/c1-11-5-4-10-14(11)12-6-8-13(2,3)9-7-12/h4-5,10,12H,6-9H2,1-3H3. The van der Waals surface area contributed by atoms with Gasteiger partial charge in [0.05, 0.1) is 0 Å². The first-order chi connectivity index (χ1) is 6.58. The fourth-order valence-electron chi connectivity index (χ4n) is 2.55. The monoisotopic (exact) mass is 191 g/mol. The van der Waals surface area contributed by atoms with E-state index in [-0.39, 0.29) is 0 Å². The normalized spacial score (nSPS) is 22.5. The van der Waals surface area contributed by atoms with Gasteiger partial charge in [-0.3, -0.25) is 0 Å². The van der Waals surface area contributed by atoms with Gasteiger partial charge in [0, 0.05) is 17.9 Å². The van der Waals surface area contributed by atoms with Crippen LogP contribution in [0, 0.1) is 12.3 Å². The highest BCUT2D eigenvalue weighted by molar-refractivity contribution is 5.06. The Kier molecular flexibility index (Phi) is 2.42. The second-order valence-corrected chi connectivity index (χ2v) is 5.45. The quantitative estimate of drug-likeness (QED) is 0.633. The predicted octanol–water partition coefficient (Wildman–Crippen LogP) is 3.94. The lowest BCUT2D eigenvalue weighted by Gasteiger charge is -2.35. The summed E-state index contributed by atoms with van der Waals surface area (Å²) in [6, 6.07) is 5.13. The van der Waals surface area contributed by atoms with Crippen molar-refractivity contribution in [2.75, 3.05) is 0 Å². The van der Waals surface area contributed by atoms with E-state index in [0.717, 1.165) is 6.04 Å². The molecule has 0 aromatic carbocycles. The van der Waals surface area contributed by atoms with E-state index in [1.807, 2.05) is 0 Å². The fourth-order valence-corrected chi connectivity index (χ4v) is 2.55. The summed E-state index contributed by atoms with van der Waals surface area (Å²) in [5.74, 6) is 0. The third-order valence-corrected chi connectivity index (χ3v) is 3.69. The zero-order valence-corrected chi connectivity index (χ0v) is 9.59. The summed E-state index contributed by atoms with van der Waals surface area (Å²) in [6.07, 6.45) is 7.67. The molecule has 1 nitrogen and oxygen atoms in total. The van der Waals surface area contributed by atoms with Crippen molar-refractivity contribution in [1.29, 1.82) is 0 Å². The summed E-state index contributed by atoms with van der Waals surface area (Å²) in [5, 5.41) is 0. The minimum atomic E-state index is 0.581. The highest BCUT2D eigenvalue weighted by Gasteiger charge is 2.27. The molecule has 14 heavy (non-hydrogen) atoms. The molecule has 0 bridgehead atoms. The zero-order valence-electron chi connectivity index (χ0n) is 9.59. The average Bonchev–Trinajstić information content (AvgIpc) is 2.52. The van der Waals surface area contributed by atoms with Crippen LogP contribution in [-0.4, -0.2) is 4.57 Å². The maximum Gasteiger partial charge on any atom is 0.0333 e. The molecule has 1 heteroatoms. The first-order valence-corrected chi connectivity index (χ1v) is 5.72. The Morgan fingerprint density at radius 2 is 1.93 bits per heavy atom. The van der Waals surface area contributed by atoms with Gasteiger partial charge in [0.2, 0.25) is 0 Å². The van der Waals surface area contributed by atoms with Crippen molar-refractivity contribution in [3.8, 4) is 0 Å². The minimum Gasteiger partial charge on any atom is -0.349 e. The highest BCUT2D eigenvalue weighted by atomic mass is 15.0. The molecule has 0 radical (unpaired) electrons. The summed E-state index contributed by atoms with van der Waals surface area (Å²) in [7, 11) is 0. The van der Waals surface area contributed by atoms with E-state index < -0.39 is 0 Å². The zero-order chi connectivity index (χ0) is 10.2. The van der Waals surface area contributed by atoms with E-state index in [4.69, 9.17) is 0 Å². The van der Waals surface area contributed by atoms with E-state index in [1.165, 1.54) is 31.4 Å². The number of hydrogen-bond acceptors (Lipinski definition) is 0. The molecular weight excluding hydrogens is 170 g/mol. The molecule has 1 aliphatic rings. The Labute approximate surface area is 87.1 Å². The van der Waals surface area contributed by atoms with Crippen molar-refractivity contribution in [3.63, 3.8) is 0 Å². The molecule has 0 amide bonds.